The van der Waals surface area contributed by atoms with Crippen LogP contribution in [0.2, 0.25) is 0 Å². The highest BCUT2D eigenvalue weighted by atomic mass is 32.2. The highest BCUT2D eigenvalue weighted by Crippen LogP contribution is 2.21. The van der Waals surface area contributed by atoms with Gasteiger partial charge in [-0.15, -0.1) is 6.42 Å². The van der Waals surface area contributed by atoms with Crippen LogP contribution < -0.4 is 21.3 Å². The summed E-state index contributed by atoms with van der Waals surface area (Å²) in [5, 5.41) is 14.6. The number of hydrogen-bond donors (Lipinski definition) is 3. The number of benzene rings is 3. The van der Waals surface area contributed by atoms with Gasteiger partial charge in [0.05, 0.1) is 28.1 Å². The summed E-state index contributed by atoms with van der Waals surface area (Å²) in [6.07, 6.45) is 7.06. The fraction of sp³-hybridized carbons (Fsp3) is 0.129. The van der Waals surface area contributed by atoms with Gasteiger partial charge >= 0.3 is 0 Å². The fourth-order valence-corrected chi connectivity index (χ4v) is 5.14. The van der Waals surface area contributed by atoms with E-state index in [0.29, 0.717) is 45.3 Å². The quantitative estimate of drug-likeness (QED) is 0.0666. The Morgan fingerprint density at radius 1 is 1.05 bits per heavy atom. The largest absolute Gasteiger partial charge is 0.356 e. The minimum absolute atomic E-state index is 0.0398. The van der Waals surface area contributed by atoms with E-state index in [0.717, 1.165) is 11.3 Å². The Morgan fingerprint density at radius 2 is 1.86 bits per heavy atom. The Bertz CT molecular complexity index is 2000. The number of aromatic amines is 2. The van der Waals surface area contributed by atoms with Crippen LogP contribution in [0.5, 0.6) is 0 Å². The molecule has 2 aromatic heterocycles. The number of fused-ring (bicyclic) bond motifs is 1. The Hall–Kier alpha value is -5.74. The summed E-state index contributed by atoms with van der Waals surface area (Å²) in [4.78, 5) is 63.6. The van der Waals surface area contributed by atoms with Crippen molar-refractivity contribution in [3.63, 3.8) is 0 Å². The van der Waals surface area contributed by atoms with Crippen LogP contribution in [0.4, 0.5) is 11.4 Å². The number of amides is 1. The van der Waals surface area contributed by atoms with Crippen LogP contribution >= 0.6 is 11.8 Å². The van der Waals surface area contributed by atoms with E-state index in [1.165, 1.54) is 36.2 Å². The zero-order valence-electron chi connectivity index (χ0n) is 23.1. The molecule has 0 atom stereocenters. The molecule has 2 heterocycles. The third-order valence-corrected chi connectivity index (χ3v) is 7.44. The molecule has 3 aromatic carbocycles. The predicted octanol–water partition coefficient (Wildman–Crippen LogP) is 3.78. The first-order valence-corrected chi connectivity index (χ1v) is 14.3. The van der Waals surface area contributed by atoms with Crippen molar-refractivity contribution in [2.75, 3.05) is 11.4 Å². The minimum Gasteiger partial charge on any atom is -0.356 e. The van der Waals surface area contributed by atoms with Gasteiger partial charge in [0.25, 0.3) is 22.7 Å². The summed E-state index contributed by atoms with van der Waals surface area (Å²) < 4.78 is 0. The maximum atomic E-state index is 12.9. The molecule has 0 aliphatic heterocycles. The molecule has 44 heavy (non-hydrogen) atoms. The van der Waals surface area contributed by atoms with Crippen molar-refractivity contribution in [2.45, 2.75) is 24.0 Å². The molecule has 0 aliphatic carbocycles. The SMILES string of the molecule is C#CCN(Cc1ccc2nc(CSc3nccc(=O)[nH]3)[nH]c(=O)c2c1)c1ccc(C(=O)NCc2cccc([N+](=O)[O-])c2)cc1. The summed E-state index contributed by atoms with van der Waals surface area (Å²) in [5.74, 6) is 3.10. The Balaban J connectivity index is 1.25. The first kappa shape index (κ1) is 29.7. The van der Waals surface area contributed by atoms with E-state index < -0.39 is 4.92 Å². The van der Waals surface area contributed by atoms with Crippen LogP contribution in [-0.4, -0.2) is 37.3 Å². The average Bonchev–Trinajstić information content (AvgIpc) is 3.03. The van der Waals surface area contributed by atoms with Gasteiger partial charge < -0.3 is 20.2 Å². The number of nitro groups is 1. The number of anilines is 1. The zero-order chi connectivity index (χ0) is 31.1. The van der Waals surface area contributed by atoms with E-state index in [1.807, 2.05) is 11.0 Å². The first-order chi connectivity index (χ1) is 21.3. The lowest BCUT2D eigenvalue weighted by Crippen LogP contribution is -2.24. The van der Waals surface area contributed by atoms with E-state index in [-0.39, 0.29) is 35.8 Å². The van der Waals surface area contributed by atoms with Gasteiger partial charge in [0.15, 0.2) is 5.16 Å². The second-order valence-corrected chi connectivity index (χ2v) is 10.6. The number of H-pyrrole nitrogens is 2. The lowest BCUT2D eigenvalue weighted by molar-refractivity contribution is -0.384. The number of carbonyl (C=O) groups excluding carboxylic acids is 1. The molecule has 0 fully saturated rings. The molecular formula is C31H25N7O5S. The molecule has 0 spiro atoms. The number of terminal acetylenes is 1. The first-order valence-electron chi connectivity index (χ1n) is 13.3. The number of nitro benzene ring substituents is 1. The summed E-state index contributed by atoms with van der Waals surface area (Å²) in [6, 6.07) is 19.8. The Labute approximate surface area is 254 Å². The third kappa shape index (κ3) is 7.36. The average molecular weight is 608 g/mol. The number of non-ortho nitro benzene ring substituents is 1. The third-order valence-electron chi connectivity index (χ3n) is 6.54. The van der Waals surface area contributed by atoms with Crippen molar-refractivity contribution in [3.8, 4) is 12.3 Å². The zero-order valence-corrected chi connectivity index (χ0v) is 24.0. The lowest BCUT2D eigenvalue weighted by atomic mass is 10.1. The van der Waals surface area contributed by atoms with E-state index in [2.05, 4.69) is 31.2 Å². The molecule has 12 nitrogen and oxygen atoms in total. The monoisotopic (exact) mass is 607 g/mol. The molecular weight excluding hydrogens is 582 g/mol. The van der Waals surface area contributed by atoms with Crippen LogP contribution in [0.25, 0.3) is 10.9 Å². The molecule has 220 valence electrons. The van der Waals surface area contributed by atoms with Gasteiger partial charge in [-0.3, -0.25) is 24.5 Å². The normalized spacial score (nSPS) is 10.7. The topological polar surface area (TPSA) is 167 Å². The Morgan fingerprint density at radius 3 is 2.61 bits per heavy atom. The fourth-order valence-electron chi connectivity index (χ4n) is 4.42. The molecule has 0 saturated heterocycles. The molecule has 1 amide bonds. The van der Waals surface area contributed by atoms with Gasteiger partial charge in [0.2, 0.25) is 0 Å². The molecule has 0 saturated carbocycles. The number of rotatable bonds is 11. The van der Waals surface area contributed by atoms with Crippen molar-refractivity contribution in [3.05, 3.63) is 132 Å². The summed E-state index contributed by atoms with van der Waals surface area (Å²) in [7, 11) is 0. The molecule has 3 N–H and O–H groups in total. The molecule has 5 rings (SSSR count). The molecule has 0 unspecified atom stereocenters. The van der Waals surface area contributed by atoms with E-state index in [9.17, 15) is 24.5 Å². The summed E-state index contributed by atoms with van der Waals surface area (Å²) in [6.45, 7) is 0.839. The van der Waals surface area contributed by atoms with Gasteiger partial charge in [-0.1, -0.05) is 35.9 Å². The summed E-state index contributed by atoms with van der Waals surface area (Å²) in [5.41, 5.74) is 2.61. The lowest BCUT2D eigenvalue weighted by Gasteiger charge is -2.23. The summed E-state index contributed by atoms with van der Waals surface area (Å²) >= 11 is 1.25. The second kappa shape index (κ2) is 13.5. The van der Waals surface area contributed by atoms with E-state index in [4.69, 9.17) is 6.42 Å². The Kier molecular flexibility index (Phi) is 9.12. The standard InChI is InChI=1S/C31H25N7O5S/c1-2-14-37(23-9-7-22(8-10-23)29(40)33-17-20-4-3-5-24(15-20)38(42)43)18-21-6-11-26-25(16-21)30(41)35-27(34-26)19-44-31-32-13-12-28(39)36-31/h1,3-13,15-16H,14,17-19H2,(H,33,40)(H,32,36,39)(H,34,35,41). The number of hydrogen-bond acceptors (Lipinski definition) is 9. The minimum atomic E-state index is -0.480. The van der Waals surface area contributed by atoms with E-state index >= 15 is 0 Å². The van der Waals surface area contributed by atoms with Gasteiger partial charge in [-0.2, -0.15) is 0 Å². The molecule has 0 aliphatic rings. The van der Waals surface area contributed by atoms with Crippen molar-refractivity contribution in [2.24, 2.45) is 0 Å². The predicted molar refractivity (Wildman–Crippen MR) is 167 cm³/mol. The number of nitrogens with one attached hydrogen (secondary N) is 3. The van der Waals surface area contributed by atoms with Crippen LogP contribution in [0, 0.1) is 22.5 Å². The van der Waals surface area contributed by atoms with Crippen molar-refractivity contribution in [1.82, 2.24) is 25.3 Å². The molecule has 5 aromatic rings. The van der Waals surface area contributed by atoms with Gasteiger partial charge in [0.1, 0.15) is 5.82 Å². The molecule has 0 radical (unpaired) electrons. The van der Waals surface area contributed by atoms with Crippen molar-refractivity contribution >= 4 is 39.9 Å². The maximum absolute atomic E-state index is 12.9. The van der Waals surface area contributed by atoms with E-state index in [1.54, 1.807) is 48.5 Å². The second-order valence-electron chi connectivity index (χ2n) is 9.61. The molecule has 0 bridgehead atoms. The number of thioether (sulfide) groups is 1. The van der Waals surface area contributed by atoms with Crippen LogP contribution in [-0.2, 0) is 18.8 Å². The number of carbonyl (C=O) groups is 1. The van der Waals surface area contributed by atoms with Crippen molar-refractivity contribution < 1.29 is 9.72 Å². The van der Waals surface area contributed by atoms with Crippen molar-refractivity contribution in [1.29, 1.82) is 0 Å². The maximum Gasteiger partial charge on any atom is 0.269 e. The molecule has 13 heteroatoms. The number of nitrogens with zero attached hydrogens (tertiary/aromatic N) is 4. The number of aromatic nitrogens is 4. The van der Waals surface area contributed by atoms with Gasteiger partial charge in [-0.05, 0) is 47.5 Å². The van der Waals surface area contributed by atoms with Gasteiger partial charge in [-0.25, -0.2) is 9.97 Å². The van der Waals surface area contributed by atoms with Crippen LogP contribution in [0.15, 0.2) is 93.7 Å². The van der Waals surface area contributed by atoms with Crippen LogP contribution in [0.3, 0.4) is 0 Å². The van der Waals surface area contributed by atoms with Crippen LogP contribution in [0.1, 0.15) is 27.3 Å². The smallest absolute Gasteiger partial charge is 0.269 e. The highest BCUT2D eigenvalue weighted by molar-refractivity contribution is 7.98. The highest BCUT2D eigenvalue weighted by Gasteiger charge is 2.13. The van der Waals surface area contributed by atoms with Gasteiger partial charge in [0, 0.05) is 48.7 Å².